The number of nitrogens with zero attached hydrogens (tertiary/aromatic N) is 4. The molecule has 3 aromatic heterocycles. The van der Waals surface area contributed by atoms with Crippen LogP contribution in [-0.4, -0.2) is 25.6 Å². The van der Waals surface area contributed by atoms with Gasteiger partial charge in [-0.25, -0.2) is 0 Å². The van der Waals surface area contributed by atoms with Crippen molar-refractivity contribution < 1.29 is 9.21 Å². The van der Waals surface area contributed by atoms with E-state index in [0.717, 1.165) is 5.56 Å². The first-order valence-electron chi connectivity index (χ1n) is 10.5. The van der Waals surface area contributed by atoms with Crippen molar-refractivity contribution in [2.45, 2.75) is 13.1 Å². The summed E-state index contributed by atoms with van der Waals surface area (Å²) in [4.78, 5) is 32.8. The van der Waals surface area contributed by atoms with Crippen LogP contribution in [0.3, 0.4) is 0 Å². The molecule has 5 aromatic rings. The van der Waals surface area contributed by atoms with E-state index in [4.69, 9.17) is 4.42 Å². The molecule has 0 radical (unpaired) electrons. The first-order chi connectivity index (χ1) is 16.2. The summed E-state index contributed by atoms with van der Waals surface area (Å²) in [6, 6.07) is 23.5. The minimum Gasteiger partial charge on any atom is -0.467 e. The maximum absolute atomic E-state index is 13.9. The molecule has 0 saturated carbocycles. The van der Waals surface area contributed by atoms with Crippen molar-refractivity contribution in [3.63, 3.8) is 0 Å². The number of hydrogen-bond acceptors (Lipinski definition) is 5. The molecule has 0 N–H and O–H groups in total. The SMILES string of the molecule is O=C(c1nn(-c2ccccc2)c(=O)c2ccccc12)N(Cc1cccnc1)Cc1ccco1. The lowest BCUT2D eigenvalue weighted by Gasteiger charge is -2.22. The molecule has 0 fully saturated rings. The van der Waals surface area contributed by atoms with Gasteiger partial charge in [-0.2, -0.15) is 9.78 Å². The number of hydrogen-bond donors (Lipinski definition) is 0. The lowest BCUT2D eigenvalue weighted by Crippen LogP contribution is -2.33. The van der Waals surface area contributed by atoms with Gasteiger partial charge in [0.1, 0.15) is 5.76 Å². The molecule has 33 heavy (non-hydrogen) atoms. The van der Waals surface area contributed by atoms with Gasteiger partial charge in [0, 0.05) is 24.3 Å². The fourth-order valence-corrected chi connectivity index (χ4v) is 3.74. The number of carbonyl (C=O) groups is 1. The van der Waals surface area contributed by atoms with Crippen molar-refractivity contribution in [3.05, 3.63) is 125 Å². The number of benzene rings is 2. The second kappa shape index (κ2) is 8.92. The normalized spacial score (nSPS) is 10.9. The number of rotatable bonds is 6. The second-order valence-electron chi connectivity index (χ2n) is 7.55. The van der Waals surface area contributed by atoms with Gasteiger partial charge in [0.15, 0.2) is 5.69 Å². The number of fused-ring (bicyclic) bond motifs is 1. The topological polar surface area (TPSA) is 81.2 Å². The summed E-state index contributed by atoms with van der Waals surface area (Å²) in [6.07, 6.45) is 4.98. The Morgan fingerprint density at radius 2 is 1.67 bits per heavy atom. The highest BCUT2D eigenvalue weighted by Gasteiger charge is 2.24. The zero-order chi connectivity index (χ0) is 22.6. The van der Waals surface area contributed by atoms with Crippen molar-refractivity contribution in [1.82, 2.24) is 19.7 Å². The summed E-state index contributed by atoms with van der Waals surface area (Å²) < 4.78 is 6.78. The van der Waals surface area contributed by atoms with E-state index in [-0.39, 0.29) is 23.7 Å². The Kier molecular flexibility index (Phi) is 5.51. The van der Waals surface area contributed by atoms with E-state index in [1.54, 1.807) is 66.0 Å². The third-order valence-corrected chi connectivity index (χ3v) is 5.32. The fraction of sp³-hybridized carbons (Fsp3) is 0.0769. The summed E-state index contributed by atoms with van der Waals surface area (Å²) in [5.74, 6) is 0.337. The van der Waals surface area contributed by atoms with Gasteiger partial charge in [0.25, 0.3) is 11.5 Å². The molecule has 0 bridgehead atoms. The summed E-state index contributed by atoms with van der Waals surface area (Å²) in [7, 11) is 0. The quantitative estimate of drug-likeness (QED) is 0.398. The van der Waals surface area contributed by atoms with E-state index in [1.165, 1.54) is 4.68 Å². The van der Waals surface area contributed by atoms with Crippen LogP contribution in [0.5, 0.6) is 0 Å². The van der Waals surface area contributed by atoms with Crippen LogP contribution < -0.4 is 5.56 Å². The van der Waals surface area contributed by atoms with Crippen molar-refractivity contribution in [1.29, 1.82) is 0 Å². The summed E-state index contributed by atoms with van der Waals surface area (Å²) in [5, 5.41) is 5.47. The third kappa shape index (κ3) is 4.16. The van der Waals surface area contributed by atoms with E-state index in [2.05, 4.69) is 10.1 Å². The molecule has 7 heteroatoms. The van der Waals surface area contributed by atoms with Gasteiger partial charge in [0.2, 0.25) is 0 Å². The number of aromatic nitrogens is 3. The summed E-state index contributed by atoms with van der Waals surface area (Å²) in [5.41, 5.74) is 1.38. The number of amides is 1. The smallest absolute Gasteiger partial charge is 0.279 e. The molecule has 0 aliphatic rings. The number of furan rings is 1. The predicted molar refractivity (Wildman–Crippen MR) is 124 cm³/mol. The minimum atomic E-state index is -0.309. The van der Waals surface area contributed by atoms with E-state index in [0.29, 0.717) is 28.8 Å². The van der Waals surface area contributed by atoms with Crippen molar-refractivity contribution in [2.75, 3.05) is 0 Å². The van der Waals surface area contributed by atoms with Crippen LogP contribution in [0.15, 0.2) is 107 Å². The lowest BCUT2D eigenvalue weighted by molar-refractivity contribution is 0.0712. The molecule has 0 unspecified atom stereocenters. The Morgan fingerprint density at radius 1 is 0.879 bits per heavy atom. The van der Waals surface area contributed by atoms with Crippen LogP contribution in [0.1, 0.15) is 21.8 Å². The molecular formula is C26H20N4O3. The number of para-hydroxylation sites is 1. The molecule has 2 aromatic carbocycles. The highest BCUT2D eigenvalue weighted by Crippen LogP contribution is 2.20. The van der Waals surface area contributed by atoms with Crippen LogP contribution in [-0.2, 0) is 13.1 Å². The average Bonchev–Trinajstić information content (AvgIpc) is 3.38. The average molecular weight is 436 g/mol. The van der Waals surface area contributed by atoms with Gasteiger partial charge in [-0.05, 0) is 42.0 Å². The molecule has 0 spiro atoms. The largest absolute Gasteiger partial charge is 0.467 e. The van der Waals surface area contributed by atoms with Crippen molar-refractivity contribution in [3.8, 4) is 5.69 Å². The zero-order valence-corrected chi connectivity index (χ0v) is 17.7. The van der Waals surface area contributed by atoms with E-state index in [1.807, 2.05) is 36.4 Å². The van der Waals surface area contributed by atoms with Gasteiger partial charge in [0.05, 0.1) is 23.9 Å². The first kappa shape index (κ1) is 20.4. The third-order valence-electron chi connectivity index (χ3n) is 5.32. The highest BCUT2D eigenvalue weighted by molar-refractivity contribution is 6.04. The Balaban J connectivity index is 1.64. The van der Waals surface area contributed by atoms with Gasteiger partial charge < -0.3 is 9.32 Å². The molecule has 0 aliphatic heterocycles. The zero-order valence-electron chi connectivity index (χ0n) is 17.7. The fourth-order valence-electron chi connectivity index (χ4n) is 3.74. The predicted octanol–water partition coefficient (Wildman–Crippen LogP) is 4.22. The van der Waals surface area contributed by atoms with Gasteiger partial charge >= 0.3 is 0 Å². The van der Waals surface area contributed by atoms with E-state index < -0.39 is 0 Å². The Hall–Kier alpha value is -4.52. The standard InChI is InChI=1S/C26H20N4O3/c31-25-23-13-5-4-12-22(23)24(28-30(25)20-9-2-1-3-10-20)26(32)29(18-21-11-7-15-33-21)17-19-8-6-14-27-16-19/h1-16H,17-18H2. The van der Waals surface area contributed by atoms with Crippen LogP contribution in [0.4, 0.5) is 0 Å². The molecule has 162 valence electrons. The molecule has 1 amide bonds. The molecule has 0 atom stereocenters. The molecule has 0 aliphatic carbocycles. The van der Waals surface area contributed by atoms with Crippen molar-refractivity contribution >= 4 is 16.7 Å². The van der Waals surface area contributed by atoms with Gasteiger partial charge in [-0.1, -0.05) is 42.5 Å². The number of pyridine rings is 1. The van der Waals surface area contributed by atoms with E-state index in [9.17, 15) is 9.59 Å². The number of carbonyl (C=O) groups excluding carboxylic acids is 1. The molecule has 5 rings (SSSR count). The van der Waals surface area contributed by atoms with Gasteiger partial charge in [-0.3, -0.25) is 14.6 Å². The Bertz CT molecular complexity index is 1450. The van der Waals surface area contributed by atoms with E-state index >= 15 is 0 Å². The molecule has 7 nitrogen and oxygen atoms in total. The maximum Gasteiger partial charge on any atom is 0.279 e. The van der Waals surface area contributed by atoms with Crippen LogP contribution in [0.25, 0.3) is 16.5 Å². The van der Waals surface area contributed by atoms with Crippen LogP contribution >= 0.6 is 0 Å². The Morgan fingerprint density at radius 3 is 2.39 bits per heavy atom. The van der Waals surface area contributed by atoms with Crippen LogP contribution in [0.2, 0.25) is 0 Å². The Labute approximate surface area is 189 Å². The van der Waals surface area contributed by atoms with Crippen LogP contribution in [0, 0.1) is 0 Å². The first-order valence-corrected chi connectivity index (χ1v) is 10.5. The molecular weight excluding hydrogens is 416 g/mol. The summed E-state index contributed by atoms with van der Waals surface area (Å²) in [6.45, 7) is 0.565. The van der Waals surface area contributed by atoms with Crippen molar-refractivity contribution in [2.24, 2.45) is 0 Å². The monoisotopic (exact) mass is 436 g/mol. The minimum absolute atomic E-state index is 0.199. The maximum atomic E-state index is 13.9. The highest BCUT2D eigenvalue weighted by atomic mass is 16.3. The summed E-state index contributed by atoms with van der Waals surface area (Å²) >= 11 is 0. The molecule has 3 heterocycles. The lowest BCUT2D eigenvalue weighted by atomic mass is 10.1. The second-order valence-corrected chi connectivity index (χ2v) is 7.55. The molecule has 0 saturated heterocycles. The van der Waals surface area contributed by atoms with Gasteiger partial charge in [-0.15, -0.1) is 0 Å².